The fraction of sp³-hybridized carbons (Fsp3) is 0.474. The fourth-order valence-electron chi connectivity index (χ4n) is 3.42. The Morgan fingerprint density at radius 1 is 1.40 bits per heavy atom. The van der Waals surface area contributed by atoms with Crippen molar-refractivity contribution in [2.24, 2.45) is 4.36 Å². The number of thiol groups is 1. The van der Waals surface area contributed by atoms with Crippen LogP contribution in [0.25, 0.3) is 0 Å². The maximum Gasteiger partial charge on any atom is 0.420 e. The van der Waals surface area contributed by atoms with E-state index in [-0.39, 0.29) is 21.5 Å². The van der Waals surface area contributed by atoms with Crippen molar-refractivity contribution in [1.29, 1.82) is 0 Å². The summed E-state index contributed by atoms with van der Waals surface area (Å²) in [5.74, 6) is -0.0171. The van der Waals surface area contributed by atoms with Crippen molar-refractivity contribution in [3.05, 3.63) is 39.5 Å². The second-order valence-electron chi connectivity index (χ2n) is 7.78. The molecule has 1 aliphatic rings. The molecule has 11 heteroatoms. The van der Waals surface area contributed by atoms with Crippen molar-refractivity contribution in [3.63, 3.8) is 0 Å². The summed E-state index contributed by atoms with van der Waals surface area (Å²) < 4.78 is 57.2. The summed E-state index contributed by atoms with van der Waals surface area (Å²) in [4.78, 5) is 16.5. The first-order chi connectivity index (χ1) is 13.8. The molecule has 2 atom stereocenters. The van der Waals surface area contributed by atoms with E-state index in [1.54, 1.807) is 19.2 Å². The van der Waals surface area contributed by atoms with E-state index in [2.05, 4.69) is 14.7 Å². The summed E-state index contributed by atoms with van der Waals surface area (Å²) in [6.07, 6.45) is -3.72. The van der Waals surface area contributed by atoms with Crippen molar-refractivity contribution in [1.82, 2.24) is 4.98 Å². The first-order valence-corrected chi connectivity index (χ1v) is 11.3. The molecule has 2 aromatic rings. The number of rotatable bonds is 3. The molecule has 2 amide bonds. The normalized spacial score (nSPS) is 17.8. The molecule has 2 unspecified atom stereocenters. The van der Waals surface area contributed by atoms with E-state index in [9.17, 15) is 27.3 Å². The molecular weight excluding hydrogens is 439 g/mol. The van der Waals surface area contributed by atoms with Crippen LogP contribution in [0.4, 0.5) is 23.7 Å². The highest BCUT2D eigenvalue weighted by atomic mass is 32.2. The molecule has 1 aliphatic carbocycles. The number of fused-ring (bicyclic) bond motifs is 1. The quantitative estimate of drug-likeness (QED) is 0.561. The van der Waals surface area contributed by atoms with E-state index in [1.807, 2.05) is 6.92 Å². The smallest absolute Gasteiger partial charge is 0.386 e. The van der Waals surface area contributed by atoms with Gasteiger partial charge in [-0.15, -0.1) is 15.7 Å². The van der Waals surface area contributed by atoms with Crippen molar-refractivity contribution in [2.75, 3.05) is 5.32 Å². The van der Waals surface area contributed by atoms with E-state index in [1.165, 1.54) is 13.0 Å². The topological polar surface area (TPSA) is 91.7 Å². The van der Waals surface area contributed by atoms with Gasteiger partial charge in [0.15, 0.2) is 0 Å². The third kappa shape index (κ3) is 4.52. The van der Waals surface area contributed by atoms with Crippen LogP contribution in [-0.4, -0.2) is 20.3 Å². The second kappa shape index (κ2) is 7.93. The van der Waals surface area contributed by atoms with Gasteiger partial charge in [0, 0.05) is 5.69 Å². The van der Waals surface area contributed by atoms with Gasteiger partial charge < -0.3 is 10.4 Å². The number of hydrogen-bond acceptors (Lipinski definition) is 5. The zero-order chi connectivity index (χ0) is 22.4. The van der Waals surface area contributed by atoms with Crippen molar-refractivity contribution in [2.45, 2.75) is 62.4 Å². The Morgan fingerprint density at radius 3 is 2.63 bits per heavy atom. The van der Waals surface area contributed by atoms with Gasteiger partial charge in [-0.3, -0.25) is 4.98 Å². The number of aromatic nitrogens is 1. The molecule has 2 heterocycles. The predicted molar refractivity (Wildman–Crippen MR) is 110 cm³/mol. The van der Waals surface area contributed by atoms with Crippen LogP contribution in [0.5, 0.6) is 0 Å². The average molecular weight is 462 g/mol. The predicted octanol–water partition coefficient (Wildman–Crippen LogP) is 5.00. The molecule has 0 saturated heterocycles. The molecule has 0 fully saturated rings. The second-order valence-corrected chi connectivity index (χ2v) is 10.2. The standard InChI is InChI=1S/C19H22F3N3O3S2/c1-9-5-6-12-15(9)23-10(2)14(19(20,21)22)16(12)24-17(26)25-30(28)13-7-11(8-29-13)18(3,4)27/h7-9,27,30H,5-6H2,1-4H3,(H,23,24,26). The summed E-state index contributed by atoms with van der Waals surface area (Å²) in [6.45, 7) is 6.24. The van der Waals surface area contributed by atoms with Crippen LogP contribution in [-0.2, 0) is 28.8 Å². The number of anilines is 1. The zero-order valence-electron chi connectivity index (χ0n) is 16.8. The molecule has 0 bridgehead atoms. The van der Waals surface area contributed by atoms with Gasteiger partial charge in [-0.1, -0.05) is 6.92 Å². The number of halogens is 3. The molecule has 164 valence electrons. The number of thiophene rings is 1. The fourth-order valence-corrected chi connectivity index (χ4v) is 5.42. The minimum absolute atomic E-state index is 0.0171. The molecular formula is C19H22F3N3O3S2. The third-order valence-corrected chi connectivity index (χ3v) is 7.37. The van der Waals surface area contributed by atoms with Crippen LogP contribution in [0.2, 0.25) is 0 Å². The van der Waals surface area contributed by atoms with Gasteiger partial charge >= 0.3 is 12.2 Å². The number of amides is 2. The van der Waals surface area contributed by atoms with Gasteiger partial charge in [0.1, 0.15) is 5.56 Å². The number of alkyl halides is 3. The Hall–Kier alpha value is -1.98. The van der Waals surface area contributed by atoms with E-state index in [0.717, 1.165) is 11.3 Å². The van der Waals surface area contributed by atoms with E-state index >= 15 is 0 Å². The Balaban J connectivity index is 1.97. The molecule has 30 heavy (non-hydrogen) atoms. The van der Waals surface area contributed by atoms with Crippen molar-refractivity contribution in [3.8, 4) is 0 Å². The molecule has 0 saturated carbocycles. The lowest BCUT2D eigenvalue weighted by Gasteiger charge is -2.19. The Bertz CT molecular complexity index is 1080. The molecule has 2 N–H and O–H groups in total. The average Bonchev–Trinajstić information content (AvgIpc) is 3.21. The lowest BCUT2D eigenvalue weighted by Crippen LogP contribution is -2.19. The molecule has 0 aliphatic heterocycles. The summed E-state index contributed by atoms with van der Waals surface area (Å²) in [6, 6.07) is 0.351. The number of pyridine rings is 1. The van der Waals surface area contributed by atoms with Gasteiger partial charge in [0.2, 0.25) is 0 Å². The Morgan fingerprint density at radius 2 is 2.07 bits per heavy atom. The SMILES string of the molecule is Cc1nc2c(c(NC(=O)/N=[SH](=O)/c3cc(C(C)(C)O)cs3)c1C(F)(F)F)CCC2C. The molecule has 0 spiro atoms. The number of nitrogens with one attached hydrogen (secondary N) is 1. The van der Waals surface area contributed by atoms with Crippen LogP contribution in [0.15, 0.2) is 20.0 Å². The zero-order valence-corrected chi connectivity index (χ0v) is 18.5. The van der Waals surface area contributed by atoms with E-state index in [4.69, 9.17) is 0 Å². The highest BCUT2D eigenvalue weighted by Crippen LogP contribution is 2.44. The number of aliphatic hydroxyl groups is 1. The Kier molecular flexibility index (Phi) is 6.00. The monoisotopic (exact) mass is 461 g/mol. The summed E-state index contributed by atoms with van der Waals surface area (Å²) in [5, 5.41) is 13.8. The number of urea groups is 1. The van der Waals surface area contributed by atoms with Crippen LogP contribution >= 0.6 is 11.3 Å². The van der Waals surface area contributed by atoms with Gasteiger partial charge in [-0.05, 0) is 62.1 Å². The number of nitrogens with zero attached hydrogens (tertiary/aromatic N) is 2. The van der Waals surface area contributed by atoms with Gasteiger partial charge in [0.25, 0.3) is 0 Å². The van der Waals surface area contributed by atoms with E-state index in [0.29, 0.717) is 29.7 Å². The van der Waals surface area contributed by atoms with Crippen LogP contribution in [0.1, 0.15) is 61.2 Å². The van der Waals surface area contributed by atoms with Gasteiger partial charge in [0.05, 0.1) is 31.8 Å². The van der Waals surface area contributed by atoms with Gasteiger partial charge in [-0.2, -0.15) is 13.2 Å². The third-order valence-electron chi connectivity index (χ3n) is 4.98. The van der Waals surface area contributed by atoms with E-state index < -0.39 is 34.0 Å². The number of carbonyl (C=O) groups excluding carboxylic acids is 1. The maximum atomic E-state index is 13.7. The van der Waals surface area contributed by atoms with Crippen LogP contribution in [0, 0.1) is 6.92 Å². The van der Waals surface area contributed by atoms with Crippen LogP contribution in [0.3, 0.4) is 0 Å². The largest absolute Gasteiger partial charge is 0.420 e. The molecule has 2 aromatic heterocycles. The van der Waals surface area contributed by atoms with Crippen molar-refractivity contribution >= 4 is 33.7 Å². The molecule has 6 nitrogen and oxygen atoms in total. The Labute approximate surface area is 177 Å². The minimum Gasteiger partial charge on any atom is -0.386 e. The first kappa shape index (κ1) is 22.7. The van der Waals surface area contributed by atoms with Gasteiger partial charge in [-0.25, -0.2) is 9.00 Å². The maximum absolute atomic E-state index is 13.7. The molecule has 3 rings (SSSR count). The lowest BCUT2D eigenvalue weighted by atomic mass is 10.0. The molecule has 0 radical (unpaired) electrons. The lowest BCUT2D eigenvalue weighted by molar-refractivity contribution is -0.137. The number of carbonyl (C=O) groups is 1. The van der Waals surface area contributed by atoms with Crippen LogP contribution < -0.4 is 5.32 Å². The molecule has 0 aromatic carbocycles. The number of aryl methyl sites for hydroxylation is 1. The highest BCUT2D eigenvalue weighted by Gasteiger charge is 2.40. The van der Waals surface area contributed by atoms with Crippen molar-refractivity contribution < 1.29 is 27.3 Å². The summed E-state index contributed by atoms with van der Waals surface area (Å²) in [7, 11) is -2.52. The summed E-state index contributed by atoms with van der Waals surface area (Å²) in [5.41, 5.74) is -1.34. The number of hydrogen-bond donors (Lipinski definition) is 3. The minimum atomic E-state index is -4.71. The summed E-state index contributed by atoms with van der Waals surface area (Å²) >= 11 is 1.06. The highest BCUT2D eigenvalue weighted by molar-refractivity contribution is 7.78. The first-order valence-electron chi connectivity index (χ1n) is 9.21.